The molecule has 1 aromatic rings. The van der Waals surface area contributed by atoms with Crippen LogP contribution in [0.15, 0.2) is 18.2 Å². The van der Waals surface area contributed by atoms with Gasteiger partial charge >= 0.3 is 6.03 Å². The van der Waals surface area contributed by atoms with Crippen LogP contribution in [0.2, 0.25) is 0 Å². The van der Waals surface area contributed by atoms with Crippen molar-refractivity contribution in [1.29, 1.82) is 0 Å². The van der Waals surface area contributed by atoms with Gasteiger partial charge in [0.05, 0.1) is 19.1 Å². The van der Waals surface area contributed by atoms with E-state index < -0.39 is 10.0 Å². The summed E-state index contributed by atoms with van der Waals surface area (Å²) in [5.74, 6) is 0.366. The van der Waals surface area contributed by atoms with E-state index in [1.54, 1.807) is 12.1 Å². The normalized spacial score (nSPS) is 15.7. The largest absolute Gasteiger partial charge is 0.495 e. The van der Waals surface area contributed by atoms with Crippen molar-refractivity contribution >= 4 is 27.4 Å². The number of urea groups is 1. The van der Waals surface area contributed by atoms with Crippen LogP contribution in [0.4, 0.5) is 16.2 Å². The Morgan fingerprint density at radius 2 is 2.00 bits per heavy atom. The number of rotatable bonds is 5. The second-order valence-electron chi connectivity index (χ2n) is 5.27. The van der Waals surface area contributed by atoms with Gasteiger partial charge in [0.15, 0.2) is 0 Å². The molecule has 1 aliphatic rings. The number of carbonyl (C=O) groups is 1. The van der Waals surface area contributed by atoms with E-state index in [9.17, 15) is 13.2 Å². The standard InChI is InChI=1S/C14H21N3O5S/c1-21-13-4-3-11(9-12(13)17-23(2,19)20)16-14(18)15-10-5-7-22-8-6-10/h3-4,9-10,17H,5-8H2,1-2H3,(H2,15,16,18). The first kappa shape index (κ1) is 17.4. The first-order valence-electron chi connectivity index (χ1n) is 7.18. The van der Waals surface area contributed by atoms with Gasteiger partial charge in [-0.1, -0.05) is 0 Å². The van der Waals surface area contributed by atoms with Gasteiger partial charge in [-0.3, -0.25) is 4.72 Å². The number of sulfonamides is 1. The molecular formula is C14H21N3O5S. The van der Waals surface area contributed by atoms with Crippen LogP contribution < -0.4 is 20.1 Å². The van der Waals surface area contributed by atoms with Crippen LogP contribution in [0.1, 0.15) is 12.8 Å². The summed E-state index contributed by atoms with van der Waals surface area (Å²) in [5, 5.41) is 5.55. The van der Waals surface area contributed by atoms with Gasteiger partial charge < -0.3 is 20.1 Å². The summed E-state index contributed by atoms with van der Waals surface area (Å²) < 4.78 is 35.5. The summed E-state index contributed by atoms with van der Waals surface area (Å²) in [5.41, 5.74) is 0.723. The lowest BCUT2D eigenvalue weighted by Gasteiger charge is -2.23. The van der Waals surface area contributed by atoms with Crippen molar-refractivity contribution in [3.63, 3.8) is 0 Å². The summed E-state index contributed by atoms with van der Waals surface area (Å²) in [6.07, 6.45) is 2.60. The Balaban J connectivity index is 2.04. The molecule has 0 atom stereocenters. The van der Waals surface area contributed by atoms with Gasteiger partial charge in [0, 0.05) is 24.9 Å². The molecule has 0 unspecified atom stereocenters. The fraction of sp³-hybridized carbons (Fsp3) is 0.500. The minimum Gasteiger partial charge on any atom is -0.495 e. The average molecular weight is 343 g/mol. The number of carbonyl (C=O) groups excluding carboxylic acids is 1. The van der Waals surface area contributed by atoms with Crippen molar-refractivity contribution in [2.45, 2.75) is 18.9 Å². The molecule has 2 rings (SSSR count). The molecule has 0 bridgehead atoms. The topological polar surface area (TPSA) is 106 Å². The Bertz CT molecular complexity index is 656. The number of hydrogen-bond acceptors (Lipinski definition) is 5. The number of methoxy groups -OCH3 is 1. The van der Waals surface area contributed by atoms with Gasteiger partial charge in [0.25, 0.3) is 0 Å². The molecule has 1 fully saturated rings. The summed E-state index contributed by atoms with van der Waals surface area (Å²) >= 11 is 0. The summed E-state index contributed by atoms with van der Waals surface area (Å²) in [4.78, 5) is 12.0. The average Bonchev–Trinajstić information content (AvgIpc) is 2.47. The maximum absolute atomic E-state index is 12.0. The molecule has 9 heteroatoms. The number of hydrogen-bond donors (Lipinski definition) is 3. The van der Waals surface area contributed by atoms with Crippen LogP contribution in [0, 0.1) is 0 Å². The van der Waals surface area contributed by atoms with Crippen LogP contribution in [-0.4, -0.2) is 47.1 Å². The first-order valence-corrected chi connectivity index (χ1v) is 9.07. The number of ether oxygens (including phenoxy) is 2. The molecule has 8 nitrogen and oxygen atoms in total. The molecule has 0 saturated carbocycles. The molecule has 3 N–H and O–H groups in total. The van der Waals surface area contributed by atoms with E-state index in [1.165, 1.54) is 13.2 Å². The highest BCUT2D eigenvalue weighted by Crippen LogP contribution is 2.28. The molecule has 1 aliphatic heterocycles. The monoisotopic (exact) mass is 343 g/mol. The highest BCUT2D eigenvalue weighted by atomic mass is 32.2. The lowest BCUT2D eigenvalue weighted by molar-refractivity contribution is 0.0806. The van der Waals surface area contributed by atoms with Gasteiger partial charge in [-0.15, -0.1) is 0 Å². The number of anilines is 2. The zero-order valence-electron chi connectivity index (χ0n) is 13.1. The fourth-order valence-corrected chi connectivity index (χ4v) is 2.82. The molecule has 1 aromatic carbocycles. The Kier molecular flexibility index (Phi) is 5.67. The van der Waals surface area contributed by atoms with E-state index in [4.69, 9.17) is 9.47 Å². The summed E-state index contributed by atoms with van der Waals surface area (Å²) in [7, 11) is -2.01. The third kappa shape index (κ3) is 5.61. The quantitative estimate of drug-likeness (QED) is 0.749. The predicted molar refractivity (Wildman–Crippen MR) is 87.5 cm³/mol. The first-order chi connectivity index (χ1) is 10.9. The number of benzene rings is 1. The summed E-state index contributed by atoms with van der Waals surface area (Å²) in [6, 6.07) is 4.46. The van der Waals surface area contributed by atoms with Crippen molar-refractivity contribution in [2.24, 2.45) is 0 Å². The van der Waals surface area contributed by atoms with Gasteiger partial charge in [0.2, 0.25) is 10.0 Å². The van der Waals surface area contributed by atoms with Crippen molar-refractivity contribution in [2.75, 3.05) is 36.6 Å². The molecular weight excluding hydrogens is 322 g/mol. The highest BCUT2D eigenvalue weighted by Gasteiger charge is 2.16. The molecule has 2 amide bonds. The Hall–Kier alpha value is -2.00. The molecule has 0 spiro atoms. The molecule has 23 heavy (non-hydrogen) atoms. The second-order valence-corrected chi connectivity index (χ2v) is 7.02. The number of nitrogens with one attached hydrogen (secondary N) is 3. The minimum absolute atomic E-state index is 0.0793. The maximum Gasteiger partial charge on any atom is 0.319 e. The smallest absolute Gasteiger partial charge is 0.319 e. The van der Waals surface area contributed by atoms with Crippen LogP contribution in [-0.2, 0) is 14.8 Å². The van der Waals surface area contributed by atoms with E-state index in [2.05, 4.69) is 15.4 Å². The predicted octanol–water partition coefficient (Wildman–Crippen LogP) is 1.37. The van der Waals surface area contributed by atoms with E-state index in [1.807, 2.05) is 0 Å². The summed E-state index contributed by atoms with van der Waals surface area (Å²) in [6.45, 7) is 1.27. The molecule has 1 saturated heterocycles. The zero-order chi connectivity index (χ0) is 16.9. The van der Waals surface area contributed by atoms with Gasteiger partial charge in [-0.2, -0.15) is 0 Å². The molecule has 0 aromatic heterocycles. The van der Waals surface area contributed by atoms with E-state index in [0.29, 0.717) is 24.7 Å². The lowest BCUT2D eigenvalue weighted by atomic mass is 10.1. The van der Waals surface area contributed by atoms with Crippen molar-refractivity contribution < 1.29 is 22.7 Å². The van der Waals surface area contributed by atoms with E-state index in [0.717, 1.165) is 19.1 Å². The van der Waals surface area contributed by atoms with E-state index >= 15 is 0 Å². The van der Waals surface area contributed by atoms with Crippen LogP contribution in [0.5, 0.6) is 5.75 Å². The van der Waals surface area contributed by atoms with E-state index in [-0.39, 0.29) is 17.8 Å². The molecule has 128 valence electrons. The van der Waals surface area contributed by atoms with Crippen LogP contribution in [0.25, 0.3) is 0 Å². The minimum atomic E-state index is -3.45. The highest BCUT2D eigenvalue weighted by molar-refractivity contribution is 7.92. The fourth-order valence-electron chi connectivity index (χ4n) is 2.26. The van der Waals surface area contributed by atoms with Crippen LogP contribution in [0.3, 0.4) is 0 Å². The van der Waals surface area contributed by atoms with Gasteiger partial charge in [0.1, 0.15) is 5.75 Å². The maximum atomic E-state index is 12.0. The lowest BCUT2D eigenvalue weighted by Crippen LogP contribution is -2.41. The molecule has 0 radical (unpaired) electrons. The van der Waals surface area contributed by atoms with Crippen molar-refractivity contribution in [3.05, 3.63) is 18.2 Å². The third-order valence-electron chi connectivity index (χ3n) is 3.31. The Morgan fingerprint density at radius 1 is 1.30 bits per heavy atom. The van der Waals surface area contributed by atoms with Crippen molar-refractivity contribution in [1.82, 2.24) is 5.32 Å². The van der Waals surface area contributed by atoms with Gasteiger partial charge in [-0.25, -0.2) is 13.2 Å². The molecule has 0 aliphatic carbocycles. The van der Waals surface area contributed by atoms with Gasteiger partial charge in [-0.05, 0) is 31.0 Å². The number of amides is 2. The van der Waals surface area contributed by atoms with Crippen LogP contribution >= 0.6 is 0 Å². The third-order valence-corrected chi connectivity index (χ3v) is 3.90. The molecule has 1 heterocycles. The van der Waals surface area contributed by atoms with Crippen molar-refractivity contribution in [3.8, 4) is 5.75 Å². The Labute approximate surface area is 135 Å². The Morgan fingerprint density at radius 3 is 2.61 bits per heavy atom. The SMILES string of the molecule is COc1ccc(NC(=O)NC2CCOCC2)cc1NS(C)(=O)=O. The zero-order valence-corrected chi connectivity index (χ0v) is 13.9. The second kappa shape index (κ2) is 7.51.